The molecular formula is C36H52O3. The minimum absolute atomic E-state index is 0.121. The van der Waals surface area contributed by atoms with Gasteiger partial charge in [0.05, 0.1) is 0 Å². The van der Waals surface area contributed by atoms with Crippen LogP contribution in [0.1, 0.15) is 107 Å². The summed E-state index contributed by atoms with van der Waals surface area (Å²) in [7, 11) is 0. The van der Waals surface area contributed by atoms with Gasteiger partial charge in [0.1, 0.15) is 29.5 Å². The number of carbonyl (C=O) groups is 1. The lowest BCUT2D eigenvalue weighted by Gasteiger charge is -2.39. The van der Waals surface area contributed by atoms with Crippen molar-refractivity contribution < 1.29 is 14.3 Å². The molecule has 3 heteroatoms. The molecule has 1 heterocycles. The van der Waals surface area contributed by atoms with Crippen LogP contribution in [0.15, 0.2) is 42.5 Å². The SMILES string of the molecule is CC(=O)C[C@@H](C)C=CC[C@H](C)CCCC(C)C[C@]1(C)CCc2c(C)c(OCc3ccccc3)c(C)c(C)c2O1. The second-order valence-corrected chi connectivity index (χ2v) is 12.7. The molecule has 1 unspecified atom stereocenters. The molecule has 0 aromatic heterocycles. The average Bonchev–Trinajstić information content (AvgIpc) is 2.87. The van der Waals surface area contributed by atoms with E-state index in [9.17, 15) is 4.79 Å². The molecule has 1 aliphatic heterocycles. The molecule has 0 saturated heterocycles. The number of hydrogen-bond acceptors (Lipinski definition) is 3. The number of allylic oxidation sites excluding steroid dienone is 2. The molecule has 0 radical (unpaired) electrons. The van der Waals surface area contributed by atoms with Crippen molar-refractivity contribution in [3.05, 3.63) is 70.3 Å². The van der Waals surface area contributed by atoms with Crippen LogP contribution >= 0.6 is 0 Å². The number of benzene rings is 2. The van der Waals surface area contributed by atoms with Crippen molar-refractivity contribution in [3.8, 4) is 11.5 Å². The van der Waals surface area contributed by atoms with Gasteiger partial charge in [-0.3, -0.25) is 0 Å². The van der Waals surface area contributed by atoms with Gasteiger partial charge in [-0.05, 0) is 100 Å². The number of Topliss-reactive ketones (excluding diaryl/α,β-unsaturated/α-hetero) is 1. The van der Waals surface area contributed by atoms with Crippen molar-refractivity contribution >= 4 is 5.78 Å². The Labute approximate surface area is 238 Å². The van der Waals surface area contributed by atoms with Crippen LogP contribution in [0.3, 0.4) is 0 Å². The van der Waals surface area contributed by atoms with E-state index in [4.69, 9.17) is 9.47 Å². The highest BCUT2D eigenvalue weighted by Crippen LogP contribution is 2.45. The first-order valence-electron chi connectivity index (χ1n) is 15.1. The predicted molar refractivity (Wildman–Crippen MR) is 164 cm³/mol. The molecule has 0 fully saturated rings. The molecular weight excluding hydrogens is 480 g/mol. The first kappa shape index (κ1) is 31.0. The fourth-order valence-corrected chi connectivity index (χ4v) is 6.21. The molecule has 214 valence electrons. The van der Waals surface area contributed by atoms with Gasteiger partial charge < -0.3 is 14.3 Å². The standard InChI is InChI=1S/C36H52O3/c1-25(14-12-16-26(2)22-28(4)37)15-13-17-27(3)23-36(8)21-20-33-31(7)34(29(5)30(6)35(33)39-36)38-24-32-18-10-9-11-19-32/h9-12,16,18-19,25-27H,13-15,17,20-24H2,1-8H3/t25-,26-,27?,36-/m0/s1. The van der Waals surface area contributed by atoms with Gasteiger partial charge in [0, 0.05) is 12.0 Å². The number of fused-ring (bicyclic) bond motifs is 1. The van der Waals surface area contributed by atoms with Crippen molar-refractivity contribution in [2.45, 2.75) is 119 Å². The van der Waals surface area contributed by atoms with Crippen LogP contribution in [-0.2, 0) is 17.8 Å². The first-order chi connectivity index (χ1) is 18.5. The van der Waals surface area contributed by atoms with Crippen LogP contribution in [0, 0.1) is 38.5 Å². The molecule has 2 aromatic carbocycles. The third kappa shape index (κ3) is 8.98. The fourth-order valence-electron chi connectivity index (χ4n) is 6.21. The van der Waals surface area contributed by atoms with Gasteiger partial charge >= 0.3 is 0 Å². The maximum absolute atomic E-state index is 11.3. The monoisotopic (exact) mass is 532 g/mol. The van der Waals surface area contributed by atoms with Gasteiger partial charge in [0.25, 0.3) is 0 Å². The van der Waals surface area contributed by atoms with Gasteiger partial charge in [-0.25, -0.2) is 0 Å². The summed E-state index contributed by atoms with van der Waals surface area (Å²) in [4.78, 5) is 11.3. The molecule has 3 rings (SSSR count). The zero-order valence-electron chi connectivity index (χ0n) is 25.9. The van der Waals surface area contributed by atoms with Crippen LogP contribution < -0.4 is 9.47 Å². The molecule has 1 aliphatic rings. The van der Waals surface area contributed by atoms with Gasteiger partial charge in [-0.2, -0.15) is 0 Å². The summed E-state index contributed by atoms with van der Waals surface area (Å²) in [6, 6.07) is 10.4. The van der Waals surface area contributed by atoms with E-state index in [2.05, 4.69) is 84.9 Å². The summed E-state index contributed by atoms with van der Waals surface area (Å²) in [5.41, 5.74) is 6.04. The highest BCUT2D eigenvalue weighted by Gasteiger charge is 2.35. The zero-order valence-corrected chi connectivity index (χ0v) is 25.9. The third-order valence-electron chi connectivity index (χ3n) is 8.58. The molecule has 39 heavy (non-hydrogen) atoms. The lowest BCUT2D eigenvalue weighted by Crippen LogP contribution is -2.38. The highest BCUT2D eigenvalue weighted by atomic mass is 16.5. The first-order valence-corrected chi connectivity index (χ1v) is 15.1. The van der Waals surface area contributed by atoms with E-state index in [1.807, 2.05) is 6.07 Å². The zero-order chi connectivity index (χ0) is 28.6. The minimum atomic E-state index is -0.121. The van der Waals surface area contributed by atoms with E-state index in [1.165, 1.54) is 47.1 Å². The van der Waals surface area contributed by atoms with Crippen LogP contribution in [0.5, 0.6) is 11.5 Å². The van der Waals surface area contributed by atoms with Gasteiger partial charge in [-0.1, -0.05) is 82.5 Å². The number of carbonyl (C=O) groups excluding carboxylic acids is 1. The summed E-state index contributed by atoms with van der Waals surface area (Å²) >= 11 is 0. The third-order valence-corrected chi connectivity index (χ3v) is 8.58. The van der Waals surface area contributed by atoms with Crippen LogP contribution in [-0.4, -0.2) is 11.4 Å². The number of ketones is 1. The molecule has 0 N–H and O–H groups in total. The van der Waals surface area contributed by atoms with E-state index in [-0.39, 0.29) is 11.4 Å². The van der Waals surface area contributed by atoms with Crippen LogP contribution in [0.4, 0.5) is 0 Å². The van der Waals surface area contributed by atoms with Gasteiger partial charge in [0.15, 0.2) is 0 Å². The topological polar surface area (TPSA) is 35.5 Å². The Morgan fingerprint density at radius 3 is 2.41 bits per heavy atom. The molecule has 4 atom stereocenters. The predicted octanol–water partition coefficient (Wildman–Crippen LogP) is 9.67. The summed E-state index contributed by atoms with van der Waals surface area (Å²) in [5, 5.41) is 0. The lowest BCUT2D eigenvalue weighted by atomic mass is 9.81. The van der Waals surface area contributed by atoms with Crippen LogP contribution in [0.2, 0.25) is 0 Å². The Hall–Kier alpha value is -2.55. The van der Waals surface area contributed by atoms with Gasteiger partial charge in [0.2, 0.25) is 0 Å². The smallest absolute Gasteiger partial charge is 0.130 e. The van der Waals surface area contributed by atoms with Crippen molar-refractivity contribution in [3.63, 3.8) is 0 Å². The van der Waals surface area contributed by atoms with E-state index in [0.29, 0.717) is 30.8 Å². The maximum Gasteiger partial charge on any atom is 0.130 e. The summed E-state index contributed by atoms with van der Waals surface area (Å²) in [6.45, 7) is 18.0. The second-order valence-electron chi connectivity index (χ2n) is 12.7. The molecule has 0 spiro atoms. The summed E-state index contributed by atoms with van der Waals surface area (Å²) in [6.07, 6.45) is 13.2. The molecule has 0 bridgehead atoms. The fraction of sp³-hybridized carbons (Fsp3) is 0.583. The normalized spacial score (nSPS) is 19.3. The molecule has 2 aromatic rings. The number of rotatable bonds is 14. The van der Waals surface area contributed by atoms with E-state index < -0.39 is 0 Å². The van der Waals surface area contributed by atoms with Crippen molar-refractivity contribution in [1.82, 2.24) is 0 Å². The Kier molecular flexibility index (Phi) is 11.3. The van der Waals surface area contributed by atoms with Crippen molar-refractivity contribution in [1.29, 1.82) is 0 Å². The molecule has 0 saturated carbocycles. The lowest BCUT2D eigenvalue weighted by molar-refractivity contribution is -0.117. The average molecular weight is 533 g/mol. The number of ether oxygens (including phenoxy) is 2. The summed E-state index contributed by atoms with van der Waals surface area (Å²) in [5.74, 6) is 4.04. The van der Waals surface area contributed by atoms with E-state index >= 15 is 0 Å². The largest absolute Gasteiger partial charge is 0.488 e. The summed E-state index contributed by atoms with van der Waals surface area (Å²) < 4.78 is 13.2. The maximum atomic E-state index is 11.3. The van der Waals surface area contributed by atoms with Crippen molar-refractivity contribution in [2.24, 2.45) is 17.8 Å². The highest BCUT2D eigenvalue weighted by molar-refractivity contribution is 5.75. The quantitative estimate of drug-likeness (QED) is 0.227. The van der Waals surface area contributed by atoms with E-state index in [1.54, 1.807) is 6.92 Å². The minimum Gasteiger partial charge on any atom is -0.488 e. The Bertz CT molecular complexity index is 1120. The number of hydrogen-bond donors (Lipinski definition) is 0. The van der Waals surface area contributed by atoms with Crippen LogP contribution in [0.25, 0.3) is 0 Å². The molecule has 0 amide bonds. The van der Waals surface area contributed by atoms with E-state index in [0.717, 1.165) is 37.2 Å². The molecule has 3 nitrogen and oxygen atoms in total. The Balaban J connectivity index is 1.53. The van der Waals surface area contributed by atoms with Crippen molar-refractivity contribution in [2.75, 3.05) is 0 Å². The Morgan fingerprint density at radius 1 is 1.03 bits per heavy atom. The second kappa shape index (κ2) is 14.2. The van der Waals surface area contributed by atoms with Gasteiger partial charge in [-0.15, -0.1) is 0 Å². The molecule has 0 aliphatic carbocycles. The Morgan fingerprint density at radius 2 is 1.72 bits per heavy atom.